The van der Waals surface area contributed by atoms with Crippen LogP contribution in [0.3, 0.4) is 0 Å². The minimum absolute atomic E-state index is 0.00279. The topological polar surface area (TPSA) is 59.5 Å². The molecule has 0 saturated heterocycles. The van der Waals surface area contributed by atoms with Crippen LogP contribution in [-0.2, 0) is 9.53 Å². The van der Waals surface area contributed by atoms with E-state index in [0.717, 1.165) is 0 Å². The van der Waals surface area contributed by atoms with Gasteiger partial charge in [-0.25, -0.2) is 9.78 Å². The van der Waals surface area contributed by atoms with E-state index in [1.807, 2.05) is 6.07 Å². The van der Waals surface area contributed by atoms with Crippen LogP contribution in [0.25, 0.3) is 0 Å². The van der Waals surface area contributed by atoms with Crippen LogP contribution in [-0.4, -0.2) is 30.5 Å². The molecule has 5 nitrogen and oxygen atoms in total. The number of para-hydroxylation sites is 1. The van der Waals surface area contributed by atoms with Gasteiger partial charge in [0.2, 0.25) is 0 Å². The predicted octanol–water partition coefficient (Wildman–Crippen LogP) is 3.86. The van der Waals surface area contributed by atoms with Gasteiger partial charge in [-0.3, -0.25) is 4.79 Å². The van der Waals surface area contributed by atoms with Gasteiger partial charge in [0.1, 0.15) is 0 Å². The molecule has 8 heteroatoms. The molecule has 23 heavy (non-hydrogen) atoms. The average Bonchev–Trinajstić information content (AvgIpc) is 2.57. The Labute approximate surface area is 147 Å². The second-order valence-corrected chi connectivity index (χ2v) is 5.61. The van der Waals surface area contributed by atoms with Crippen LogP contribution in [0.2, 0.25) is 15.1 Å². The van der Waals surface area contributed by atoms with Crippen molar-refractivity contribution in [3.05, 3.63) is 57.3 Å². The minimum Gasteiger partial charge on any atom is -0.451 e. The van der Waals surface area contributed by atoms with E-state index in [2.05, 4.69) is 4.98 Å². The Bertz CT molecular complexity index is 738. The van der Waals surface area contributed by atoms with Gasteiger partial charge in [-0.15, -0.1) is 0 Å². The molecule has 0 unspecified atom stereocenters. The lowest BCUT2D eigenvalue weighted by atomic mass is 10.3. The van der Waals surface area contributed by atoms with Crippen LogP contribution in [0, 0.1) is 0 Å². The third-order valence-corrected chi connectivity index (χ3v) is 4.20. The van der Waals surface area contributed by atoms with Gasteiger partial charge in [0, 0.05) is 18.9 Å². The number of ether oxygens (including phenoxy) is 1. The Hall–Kier alpha value is -1.82. The highest BCUT2D eigenvalue weighted by Crippen LogP contribution is 2.31. The first-order valence-corrected chi connectivity index (χ1v) is 7.53. The fourth-order valence-corrected chi connectivity index (χ4v) is 2.23. The molecule has 120 valence electrons. The second-order valence-electron chi connectivity index (χ2n) is 4.45. The van der Waals surface area contributed by atoms with Gasteiger partial charge >= 0.3 is 5.97 Å². The molecular weight excluding hydrogens is 363 g/mol. The van der Waals surface area contributed by atoms with Gasteiger partial charge in [-0.2, -0.15) is 0 Å². The molecule has 2 aromatic rings. The Morgan fingerprint density at radius 3 is 2.43 bits per heavy atom. The summed E-state index contributed by atoms with van der Waals surface area (Å²) in [6.07, 6.45) is 1.18. The van der Waals surface area contributed by atoms with Gasteiger partial charge in [-0.05, 0) is 12.1 Å². The number of likely N-dealkylation sites (N-methyl/N-ethyl adjacent to an activating group) is 1. The number of benzene rings is 1. The number of aromatic nitrogens is 1. The summed E-state index contributed by atoms with van der Waals surface area (Å²) in [5.74, 6) is -1.26. The molecular formula is C15H11Cl3N2O3. The minimum atomic E-state index is -0.858. The summed E-state index contributed by atoms with van der Waals surface area (Å²) in [4.78, 5) is 29.1. The fourth-order valence-electron chi connectivity index (χ4n) is 1.67. The van der Waals surface area contributed by atoms with E-state index in [1.54, 1.807) is 31.3 Å². The van der Waals surface area contributed by atoms with Gasteiger partial charge in [-0.1, -0.05) is 53.0 Å². The van der Waals surface area contributed by atoms with Crippen LogP contribution in [0.15, 0.2) is 36.5 Å². The molecule has 1 heterocycles. The highest BCUT2D eigenvalue weighted by atomic mass is 35.5. The highest BCUT2D eigenvalue weighted by Gasteiger charge is 2.20. The van der Waals surface area contributed by atoms with Crippen LogP contribution < -0.4 is 4.90 Å². The first-order chi connectivity index (χ1) is 10.9. The number of nitrogens with zero attached hydrogens (tertiary/aromatic N) is 2. The third kappa shape index (κ3) is 4.13. The standard InChI is InChI=1S/C15H11Cl3N2O3/c1-20(9-5-3-2-4-6-9)11(21)8-23-15(22)14-13(18)12(17)10(16)7-19-14/h2-7H,8H2,1H3. The summed E-state index contributed by atoms with van der Waals surface area (Å²) in [5, 5.41) is 0.00384. The van der Waals surface area contributed by atoms with Gasteiger partial charge < -0.3 is 9.64 Å². The van der Waals surface area contributed by atoms with Crippen molar-refractivity contribution in [2.24, 2.45) is 0 Å². The molecule has 0 saturated carbocycles. The zero-order valence-electron chi connectivity index (χ0n) is 11.9. The summed E-state index contributed by atoms with van der Waals surface area (Å²) in [5.41, 5.74) is 0.482. The van der Waals surface area contributed by atoms with Crippen LogP contribution in [0.1, 0.15) is 10.5 Å². The van der Waals surface area contributed by atoms with Crippen molar-refractivity contribution in [1.29, 1.82) is 0 Å². The normalized spacial score (nSPS) is 10.3. The molecule has 0 aliphatic rings. The van der Waals surface area contributed by atoms with E-state index in [9.17, 15) is 9.59 Å². The zero-order valence-corrected chi connectivity index (χ0v) is 14.2. The Morgan fingerprint density at radius 2 is 1.78 bits per heavy atom. The van der Waals surface area contributed by atoms with Crippen molar-refractivity contribution in [3.63, 3.8) is 0 Å². The molecule has 0 radical (unpaired) electrons. The molecule has 0 aliphatic carbocycles. The molecule has 0 aliphatic heterocycles. The highest BCUT2D eigenvalue weighted by molar-refractivity contribution is 6.48. The van der Waals surface area contributed by atoms with Crippen molar-refractivity contribution in [3.8, 4) is 0 Å². The van der Waals surface area contributed by atoms with Crippen molar-refractivity contribution < 1.29 is 14.3 Å². The lowest BCUT2D eigenvalue weighted by Crippen LogP contribution is -2.31. The van der Waals surface area contributed by atoms with Crippen molar-refractivity contribution >= 4 is 52.4 Å². The number of carbonyl (C=O) groups is 2. The molecule has 1 amide bonds. The Kier molecular flexibility index (Phi) is 5.82. The molecule has 0 fully saturated rings. The molecule has 0 bridgehead atoms. The van der Waals surface area contributed by atoms with E-state index in [1.165, 1.54) is 11.1 Å². The number of anilines is 1. The smallest absolute Gasteiger partial charge is 0.359 e. The predicted molar refractivity (Wildman–Crippen MR) is 89.4 cm³/mol. The quantitative estimate of drug-likeness (QED) is 0.764. The van der Waals surface area contributed by atoms with Gasteiger partial charge in [0.15, 0.2) is 12.3 Å². The number of hydrogen-bond acceptors (Lipinski definition) is 4. The number of rotatable bonds is 4. The van der Waals surface area contributed by atoms with E-state index in [0.29, 0.717) is 5.69 Å². The molecule has 2 rings (SSSR count). The summed E-state index contributed by atoms with van der Waals surface area (Å²) in [6, 6.07) is 8.95. The number of esters is 1. The van der Waals surface area contributed by atoms with Gasteiger partial charge in [0.05, 0.1) is 15.1 Å². The number of pyridine rings is 1. The maximum atomic E-state index is 12.0. The summed E-state index contributed by atoms with van der Waals surface area (Å²) < 4.78 is 4.93. The summed E-state index contributed by atoms with van der Waals surface area (Å²) in [6.45, 7) is -0.456. The van der Waals surface area contributed by atoms with Crippen molar-refractivity contribution in [2.75, 3.05) is 18.6 Å². The number of amides is 1. The number of hydrogen-bond donors (Lipinski definition) is 0. The largest absolute Gasteiger partial charge is 0.451 e. The summed E-state index contributed by atoms with van der Waals surface area (Å²) >= 11 is 17.5. The molecule has 0 spiro atoms. The number of halogens is 3. The lowest BCUT2D eigenvalue weighted by molar-refractivity contribution is -0.121. The van der Waals surface area contributed by atoms with E-state index in [-0.39, 0.29) is 20.8 Å². The maximum Gasteiger partial charge on any atom is 0.359 e. The fraction of sp³-hybridized carbons (Fsp3) is 0.133. The van der Waals surface area contributed by atoms with Crippen LogP contribution in [0.4, 0.5) is 5.69 Å². The average molecular weight is 374 g/mol. The number of carbonyl (C=O) groups excluding carboxylic acids is 2. The first-order valence-electron chi connectivity index (χ1n) is 6.40. The summed E-state index contributed by atoms with van der Waals surface area (Å²) in [7, 11) is 1.58. The SMILES string of the molecule is CN(C(=O)COC(=O)c1ncc(Cl)c(Cl)c1Cl)c1ccccc1. The van der Waals surface area contributed by atoms with E-state index >= 15 is 0 Å². The van der Waals surface area contributed by atoms with Crippen molar-refractivity contribution in [2.45, 2.75) is 0 Å². The van der Waals surface area contributed by atoms with E-state index < -0.39 is 18.5 Å². The first kappa shape index (κ1) is 17.5. The molecule has 1 aromatic heterocycles. The Morgan fingerprint density at radius 1 is 1.13 bits per heavy atom. The zero-order chi connectivity index (χ0) is 17.0. The molecule has 0 N–H and O–H groups in total. The van der Waals surface area contributed by atoms with Crippen molar-refractivity contribution in [1.82, 2.24) is 4.98 Å². The Balaban J connectivity index is 2.02. The van der Waals surface area contributed by atoms with Crippen LogP contribution >= 0.6 is 34.8 Å². The van der Waals surface area contributed by atoms with Gasteiger partial charge in [0.25, 0.3) is 5.91 Å². The molecule has 1 aromatic carbocycles. The second kappa shape index (κ2) is 7.64. The maximum absolute atomic E-state index is 12.0. The monoisotopic (exact) mass is 372 g/mol. The lowest BCUT2D eigenvalue weighted by Gasteiger charge is -2.17. The molecule has 0 atom stereocenters. The van der Waals surface area contributed by atoms with Crippen LogP contribution in [0.5, 0.6) is 0 Å². The van der Waals surface area contributed by atoms with E-state index in [4.69, 9.17) is 39.5 Å². The third-order valence-electron chi connectivity index (χ3n) is 2.95.